The normalized spacial score (nSPS) is 16.3. The van der Waals surface area contributed by atoms with E-state index in [1.54, 1.807) is 18.2 Å². The molecule has 0 fully saturated rings. The topological polar surface area (TPSA) is 80.9 Å². The number of carbonyl (C=O) groups is 1. The van der Waals surface area contributed by atoms with Gasteiger partial charge in [0.05, 0.1) is 0 Å². The van der Waals surface area contributed by atoms with Gasteiger partial charge in [-0.2, -0.15) is 0 Å². The molecular formula is C18H16ClN3O4S. The lowest BCUT2D eigenvalue weighted by Crippen LogP contribution is -2.50. The molecular weight excluding hydrogens is 390 g/mol. The van der Waals surface area contributed by atoms with Gasteiger partial charge in [0.2, 0.25) is 6.79 Å². The Morgan fingerprint density at radius 1 is 1.11 bits per heavy atom. The average Bonchev–Trinajstić information content (AvgIpc) is 3.30. The zero-order valence-electron chi connectivity index (χ0n) is 14.1. The zero-order valence-corrected chi connectivity index (χ0v) is 15.7. The highest BCUT2D eigenvalue weighted by Gasteiger charge is 2.29. The van der Waals surface area contributed by atoms with Gasteiger partial charge in [0, 0.05) is 18.0 Å². The first-order chi connectivity index (χ1) is 13.1. The Bertz CT molecular complexity index is 908. The van der Waals surface area contributed by atoms with Gasteiger partial charge < -0.3 is 19.5 Å². The largest absolute Gasteiger partial charge is 0.480 e. The predicted octanol–water partition coefficient (Wildman–Crippen LogP) is 2.07. The molecule has 2 aliphatic rings. The molecule has 0 radical (unpaired) electrons. The van der Waals surface area contributed by atoms with Gasteiger partial charge in [0.25, 0.3) is 5.91 Å². The van der Waals surface area contributed by atoms with Crippen molar-refractivity contribution in [3.63, 3.8) is 0 Å². The molecule has 0 aromatic heterocycles. The second-order valence-electron chi connectivity index (χ2n) is 6.05. The van der Waals surface area contributed by atoms with Crippen LogP contribution in [0, 0.1) is 0 Å². The number of carbonyl (C=O) groups excluding carboxylic acids is 1. The van der Waals surface area contributed by atoms with Crippen molar-refractivity contribution in [1.29, 1.82) is 0 Å². The summed E-state index contributed by atoms with van der Waals surface area (Å²) in [5.41, 5.74) is 7.12. The Labute approximate surface area is 165 Å². The van der Waals surface area contributed by atoms with Gasteiger partial charge in [-0.3, -0.25) is 15.6 Å². The van der Waals surface area contributed by atoms with Crippen molar-refractivity contribution in [2.24, 2.45) is 0 Å². The molecule has 140 valence electrons. The molecule has 0 bridgehead atoms. The number of halogens is 1. The van der Waals surface area contributed by atoms with Crippen LogP contribution in [0.1, 0.15) is 11.1 Å². The maximum Gasteiger partial charge on any atom is 0.279 e. The number of hydrogen-bond donors (Lipinski definition) is 3. The van der Waals surface area contributed by atoms with Gasteiger partial charge in [-0.1, -0.05) is 17.7 Å². The Kier molecular flexibility index (Phi) is 4.91. The summed E-state index contributed by atoms with van der Waals surface area (Å²) in [7, 11) is 0. The van der Waals surface area contributed by atoms with E-state index in [0.717, 1.165) is 16.9 Å². The van der Waals surface area contributed by atoms with E-state index in [1.165, 1.54) is 0 Å². The van der Waals surface area contributed by atoms with Crippen LogP contribution in [0.25, 0.3) is 0 Å². The van der Waals surface area contributed by atoms with Crippen LogP contribution in [0.3, 0.4) is 0 Å². The molecule has 9 heteroatoms. The maximum absolute atomic E-state index is 12.3. The quantitative estimate of drug-likeness (QED) is 0.532. The van der Waals surface area contributed by atoms with E-state index in [4.69, 9.17) is 38.0 Å². The first kappa shape index (κ1) is 17.7. The summed E-state index contributed by atoms with van der Waals surface area (Å²) in [6.07, 6.45) is -0.163. The van der Waals surface area contributed by atoms with Crippen molar-refractivity contribution in [3.8, 4) is 17.2 Å². The highest BCUT2D eigenvalue weighted by Crippen LogP contribution is 2.32. The predicted molar refractivity (Wildman–Crippen MR) is 103 cm³/mol. The number of nitrogens with one attached hydrogen (secondary N) is 3. The summed E-state index contributed by atoms with van der Waals surface area (Å²) in [4.78, 5) is 12.3. The summed E-state index contributed by atoms with van der Waals surface area (Å²) >= 11 is 11.1. The molecule has 1 unspecified atom stereocenters. The van der Waals surface area contributed by atoms with Crippen LogP contribution in [0.5, 0.6) is 17.2 Å². The SMILES string of the molecule is O=C(NNC(=S)NCc1ccc2c(c1)OCO2)C1Cc2cc(Cl)ccc2O1. The number of benzene rings is 2. The number of ether oxygens (including phenoxy) is 3. The summed E-state index contributed by atoms with van der Waals surface area (Å²) in [5, 5.41) is 3.92. The van der Waals surface area contributed by atoms with Crippen LogP contribution < -0.4 is 30.4 Å². The van der Waals surface area contributed by atoms with Crippen molar-refractivity contribution in [3.05, 3.63) is 52.5 Å². The van der Waals surface area contributed by atoms with E-state index in [0.29, 0.717) is 34.6 Å². The first-order valence-corrected chi connectivity index (χ1v) is 9.04. The van der Waals surface area contributed by atoms with Crippen LogP contribution in [0.4, 0.5) is 0 Å². The fraction of sp³-hybridized carbons (Fsp3) is 0.222. The standard InChI is InChI=1S/C18H16ClN3O4S/c19-12-2-4-13-11(6-12)7-16(26-13)17(23)21-22-18(27)20-8-10-1-3-14-15(5-10)25-9-24-14/h1-6,16H,7-9H2,(H,21,23)(H2,20,22,27). The average molecular weight is 406 g/mol. The Hall–Kier alpha value is -2.71. The Balaban J connectivity index is 1.23. The van der Waals surface area contributed by atoms with Crippen molar-refractivity contribution in [1.82, 2.24) is 16.2 Å². The van der Waals surface area contributed by atoms with Crippen LogP contribution in [0.15, 0.2) is 36.4 Å². The van der Waals surface area contributed by atoms with Gasteiger partial charge in [-0.25, -0.2) is 0 Å². The Morgan fingerprint density at radius 3 is 2.81 bits per heavy atom. The number of rotatable bonds is 3. The van der Waals surface area contributed by atoms with Gasteiger partial charge >= 0.3 is 0 Å². The number of thiocarbonyl (C=S) groups is 1. The Morgan fingerprint density at radius 2 is 1.93 bits per heavy atom. The first-order valence-electron chi connectivity index (χ1n) is 8.26. The van der Waals surface area contributed by atoms with Crippen LogP contribution in [-0.2, 0) is 17.8 Å². The molecule has 4 rings (SSSR count). The van der Waals surface area contributed by atoms with Gasteiger partial charge in [0.1, 0.15) is 5.75 Å². The van der Waals surface area contributed by atoms with Crippen molar-refractivity contribution < 1.29 is 19.0 Å². The van der Waals surface area contributed by atoms with Crippen molar-refractivity contribution >= 4 is 34.8 Å². The van der Waals surface area contributed by atoms with E-state index in [1.807, 2.05) is 18.2 Å². The molecule has 1 amide bonds. The third-order valence-corrected chi connectivity index (χ3v) is 4.66. The highest BCUT2D eigenvalue weighted by molar-refractivity contribution is 7.80. The number of amides is 1. The molecule has 7 nitrogen and oxygen atoms in total. The lowest BCUT2D eigenvalue weighted by Gasteiger charge is -2.14. The lowest BCUT2D eigenvalue weighted by molar-refractivity contribution is -0.127. The van der Waals surface area contributed by atoms with Gasteiger partial charge in [0.15, 0.2) is 22.7 Å². The highest BCUT2D eigenvalue weighted by atomic mass is 35.5. The third kappa shape index (κ3) is 4.01. The molecule has 1 atom stereocenters. The van der Waals surface area contributed by atoms with Crippen LogP contribution >= 0.6 is 23.8 Å². The maximum atomic E-state index is 12.3. The van der Waals surface area contributed by atoms with E-state index < -0.39 is 6.10 Å². The molecule has 2 aromatic rings. The summed E-state index contributed by atoms with van der Waals surface area (Å²) in [6.45, 7) is 0.708. The third-order valence-electron chi connectivity index (χ3n) is 4.18. The molecule has 0 saturated carbocycles. The minimum absolute atomic E-state index is 0.234. The second kappa shape index (κ2) is 7.50. The molecule has 0 aliphatic carbocycles. The monoisotopic (exact) mass is 405 g/mol. The molecule has 27 heavy (non-hydrogen) atoms. The smallest absolute Gasteiger partial charge is 0.279 e. The van der Waals surface area contributed by atoms with Crippen LogP contribution in [0.2, 0.25) is 5.02 Å². The van der Waals surface area contributed by atoms with E-state index >= 15 is 0 Å². The molecule has 2 heterocycles. The molecule has 0 spiro atoms. The lowest BCUT2D eigenvalue weighted by atomic mass is 10.1. The number of hydrogen-bond acceptors (Lipinski definition) is 5. The number of hydrazine groups is 1. The fourth-order valence-electron chi connectivity index (χ4n) is 2.84. The van der Waals surface area contributed by atoms with Gasteiger partial charge in [-0.15, -0.1) is 0 Å². The molecule has 2 aromatic carbocycles. The van der Waals surface area contributed by atoms with E-state index in [9.17, 15) is 4.79 Å². The minimum Gasteiger partial charge on any atom is -0.480 e. The van der Waals surface area contributed by atoms with Crippen molar-refractivity contribution in [2.75, 3.05) is 6.79 Å². The van der Waals surface area contributed by atoms with Crippen molar-refractivity contribution in [2.45, 2.75) is 19.1 Å². The number of fused-ring (bicyclic) bond motifs is 2. The fourth-order valence-corrected chi connectivity index (χ4v) is 3.16. The summed E-state index contributed by atoms with van der Waals surface area (Å²) in [5.74, 6) is 1.79. The zero-order chi connectivity index (χ0) is 18.8. The van der Waals surface area contributed by atoms with E-state index in [2.05, 4.69) is 16.2 Å². The summed E-state index contributed by atoms with van der Waals surface area (Å²) < 4.78 is 16.2. The molecule has 2 aliphatic heterocycles. The molecule has 0 saturated heterocycles. The molecule has 3 N–H and O–H groups in total. The second-order valence-corrected chi connectivity index (χ2v) is 6.89. The van der Waals surface area contributed by atoms with E-state index in [-0.39, 0.29) is 12.7 Å². The van der Waals surface area contributed by atoms with Crippen LogP contribution in [-0.4, -0.2) is 23.9 Å². The summed E-state index contributed by atoms with van der Waals surface area (Å²) in [6, 6.07) is 10.9. The minimum atomic E-state index is -0.623. The van der Waals surface area contributed by atoms with Gasteiger partial charge in [-0.05, 0) is 53.7 Å².